The van der Waals surface area contributed by atoms with Crippen LogP contribution in [0.25, 0.3) is 0 Å². The van der Waals surface area contributed by atoms with E-state index < -0.39 is 0 Å². The highest BCUT2D eigenvalue weighted by atomic mass is 35.5. The number of hydrogen-bond donors (Lipinski definition) is 0. The van der Waals surface area contributed by atoms with Crippen molar-refractivity contribution in [3.8, 4) is 0 Å². The van der Waals surface area contributed by atoms with E-state index in [0.29, 0.717) is 10.2 Å². The van der Waals surface area contributed by atoms with E-state index in [2.05, 4.69) is 52.1 Å². The van der Waals surface area contributed by atoms with Crippen molar-refractivity contribution in [3.05, 3.63) is 98.1 Å². The van der Waals surface area contributed by atoms with Crippen LogP contribution >= 0.6 is 34.3 Å². The van der Waals surface area contributed by atoms with E-state index in [1.807, 2.05) is 23.5 Å². The average Bonchev–Trinajstić information content (AvgIpc) is 3.45. The molecule has 7 heteroatoms. The van der Waals surface area contributed by atoms with E-state index >= 15 is 0 Å². The number of fused-ring (bicyclic) bond motifs is 1. The van der Waals surface area contributed by atoms with Gasteiger partial charge in [0.2, 0.25) is 5.91 Å². The summed E-state index contributed by atoms with van der Waals surface area (Å²) < 4.78 is 0. The highest BCUT2D eigenvalue weighted by Gasteiger charge is 2.30. The molecule has 0 spiro atoms. The molecular formula is C25H22ClN3OS2. The first-order valence-corrected chi connectivity index (χ1v) is 12.6. The van der Waals surface area contributed by atoms with Gasteiger partial charge in [-0.25, -0.2) is 4.98 Å². The zero-order valence-corrected chi connectivity index (χ0v) is 20.0. The molecule has 0 bridgehead atoms. The predicted octanol–water partition coefficient (Wildman–Crippen LogP) is 6.69. The van der Waals surface area contributed by atoms with Gasteiger partial charge in [-0.2, -0.15) is 0 Å². The van der Waals surface area contributed by atoms with E-state index in [1.165, 1.54) is 27.3 Å². The van der Waals surface area contributed by atoms with E-state index in [9.17, 15) is 4.79 Å². The molecule has 1 amide bonds. The van der Waals surface area contributed by atoms with Gasteiger partial charge < -0.3 is 0 Å². The molecule has 4 nitrogen and oxygen atoms in total. The van der Waals surface area contributed by atoms with Crippen LogP contribution in [-0.2, 0) is 17.8 Å². The molecule has 1 aliphatic heterocycles. The molecule has 4 aromatic rings. The SMILES string of the molecule is CC(=O)N(c1ccc(Cl)cc1)c1nc(CN2CCc3sccc3[C@@H]2c2ccccc2)cs1. The Morgan fingerprint density at radius 1 is 1.12 bits per heavy atom. The summed E-state index contributed by atoms with van der Waals surface area (Å²) in [7, 11) is 0. The van der Waals surface area contributed by atoms with Crippen molar-refractivity contribution in [2.24, 2.45) is 0 Å². The van der Waals surface area contributed by atoms with Gasteiger partial charge in [0.1, 0.15) is 0 Å². The van der Waals surface area contributed by atoms with Crippen molar-refractivity contribution in [2.75, 3.05) is 11.4 Å². The fourth-order valence-electron chi connectivity index (χ4n) is 4.26. The highest BCUT2D eigenvalue weighted by Crippen LogP contribution is 2.39. The van der Waals surface area contributed by atoms with Crippen LogP contribution in [0.15, 0.2) is 71.4 Å². The molecule has 0 radical (unpaired) electrons. The van der Waals surface area contributed by atoms with Gasteiger partial charge >= 0.3 is 0 Å². The summed E-state index contributed by atoms with van der Waals surface area (Å²) in [6.07, 6.45) is 1.05. The van der Waals surface area contributed by atoms with Crippen molar-refractivity contribution < 1.29 is 4.79 Å². The van der Waals surface area contributed by atoms with Crippen molar-refractivity contribution in [3.63, 3.8) is 0 Å². The molecule has 2 aromatic heterocycles. The quantitative estimate of drug-likeness (QED) is 0.320. The number of amides is 1. The zero-order valence-electron chi connectivity index (χ0n) is 17.6. The largest absolute Gasteiger partial charge is 0.286 e. The van der Waals surface area contributed by atoms with Crippen LogP contribution < -0.4 is 4.90 Å². The maximum atomic E-state index is 12.4. The number of anilines is 2. The Morgan fingerprint density at radius 3 is 2.66 bits per heavy atom. The summed E-state index contributed by atoms with van der Waals surface area (Å²) >= 11 is 9.37. The summed E-state index contributed by atoms with van der Waals surface area (Å²) in [6.45, 7) is 3.27. The van der Waals surface area contributed by atoms with Gasteiger partial charge in [-0.1, -0.05) is 41.9 Å². The molecule has 0 fully saturated rings. The number of rotatable bonds is 5. The van der Waals surface area contributed by atoms with Gasteiger partial charge in [0.15, 0.2) is 5.13 Å². The number of aromatic nitrogens is 1. The van der Waals surface area contributed by atoms with Crippen molar-refractivity contribution in [1.29, 1.82) is 0 Å². The lowest BCUT2D eigenvalue weighted by Gasteiger charge is -2.35. The molecule has 32 heavy (non-hydrogen) atoms. The van der Waals surface area contributed by atoms with Gasteiger partial charge in [-0.05, 0) is 53.3 Å². The van der Waals surface area contributed by atoms with Crippen LogP contribution in [-0.4, -0.2) is 22.3 Å². The highest BCUT2D eigenvalue weighted by molar-refractivity contribution is 7.14. The van der Waals surface area contributed by atoms with Crippen LogP contribution in [0.3, 0.4) is 0 Å². The second-order valence-corrected chi connectivity index (χ2v) is 10.1. The van der Waals surface area contributed by atoms with E-state index in [1.54, 1.807) is 24.0 Å². The molecule has 162 valence electrons. The van der Waals surface area contributed by atoms with Crippen LogP contribution in [0.4, 0.5) is 10.8 Å². The number of carbonyl (C=O) groups is 1. The lowest BCUT2D eigenvalue weighted by molar-refractivity contribution is -0.115. The molecule has 2 aromatic carbocycles. The first kappa shape index (κ1) is 21.3. The standard InChI is InChI=1S/C25H22ClN3OS2/c1-17(30)29(21-9-7-19(26)8-10-21)25-27-20(16-32-25)15-28-13-11-23-22(12-14-31-23)24(28)18-5-3-2-4-6-18/h2-10,12,14,16,24H,11,13,15H2,1H3/t24-/m0/s1. The summed E-state index contributed by atoms with van der Waals surface area (Å²) in [4.78, 5) is 22.9. The minimum Gasteiger partial charge on any atom is -0.286 e. The van der Waals surface area contributed by atoms with Gasteiger partial charge in [-0.15, -0.1) is 22.7 Å². The third-order valence-corrected chi connectivity index (χ3v) is 7.80. The summed E-state index contributed by atoms with van der Waals surface area (Å²) in [6, 6.07) is 20.4. The number of benzene rings is 2. The summed E-state index contributed by atoms with van der Waals surface area (Å²) in [5, 5.41) is 5.58. The Balaban J connectivity index is 1.43. The summed E-state index contributed by atoms with van der Waals surface area (Å²) in [5.41, 5.74) is 4.44. The average molecular weight is 480 g/mol. The molecule has 0 N–H and O–H groups in total. The maximum absolute atomic E-state index is 12.4. The molecule has 1 atom stereocenters. The third-order valence-electron chi connectivity index (χ3n) is 5.68. The number of thiophene rings is 1. The number of hydrogen-bond acceptors (Lipinski definition) is 5. The second kappa shape index (κ2) is 9.16. The smallest absolute Gasteiger partial charge is 0.230 e. The van der Waals surface area contributed by atoms with Gasteiger partial charge in [0, 0.05) is 35.3 Å². The molecule has 0 saturated carbocycles. The number of nitrogens with zero attached hydrogens (tertiary/aromatic N) is 3. The lowest BCUT2D eigenvalue weighted by atomic mass is 9.93. The Morgan fingerprint density at radius 2 is 1.91 bits per heavy atom. The van der Waals surface area contributed by atoms with Crippen LogP contribution in [0.2, 0.25) is 5.02 Å². The second-order valence-electron chi connectivity index (χ2n) is 7.79. The molecule has 5 rings (SSSR count). The molecular weight excluding hydrogens is 458 g/mol. The first-order valence-electron chi connectivity index (χ1n) is 10.5. The number of thiazole rings is 1. The van der Waals surface area contributed by atoms with Crippen molar-refractivity contribution in [1.82, 2.24) is 9.88 Å². The Labute approximate surface area is 200 Å². The van der Waals surface area contributed by atoms with Crippen molar-refractivity contribution >= 4 is 51.0 Å². The minimum atomic E-state index is -0.0729. The maximum Gasteiger partial charge on any atom is 0.230 e. The lowest BCUT2D eigenvalue weighted by Crippen LogP contribution is -2.35. The molecule has 0 aliphatic carbocycles. The molecule has 3 heterocycles. The normalized spacial score (nSPS) is 16.0. The van der Waals surface area contributed by atoms with Crippen LogP contribution in [0.1, 0.15) is 34.7 Å². The Bertz CT molecular complexity index is 1220. The molecule has 0 unspecified atom stereocenters. The van der Waals surface area contributed by atoms with Crippen molar-refractivity contribution in [2.45, 2.75) is 25.9 Å². The van der Waals surface area contributed by atoms with Gasteiger partial charge in [0.05, 0.1) is 17.4 Å². The van der Waals surface area contributed by atoms with E-state index in [4.69, 9.17) is 16.6 Å². The van der Waals surface area contributed by atoms with Crippen LogP contribution in [0, 0.1) is 0 Å². The minimum absolute atomic E-state index is 0.0729. The topological polar surface area (TPSA) is 36.4 Å². The Kier molecular flexibility index (Phi) is 6.11. The molecule has 0 saturated heterocycles. The van der Waals surface area contributed by atoms with Crippen LogP contribution in [0.5, 0.6) is 0 Å². The zero-order chi connectivity index (χ0) is 22.1. The predicted molar refractivity (Wildman–Crippen MR) is 133 cm³/mol. The number of carbonyl (C=O) groups excluding carboxylic acids is 1. The number of halogens is 1. The first-order chi connectivity index (χ1) is 15.6. The monoisotopic (exact) mass is 479 g/mol. The van der Waals surface area contributed by atoms with Gasteiger partial charge in [-0.3, -0.25) is 14.6 Å². The van der Waals surface area contributed by atoms with Gasteiger partial charge in [0.25, 0.3) is 0 Å². The Hall–Kier alpha value is -2.51. The molecule has 1 aliphatic rings. The summed E-state index contributed by atoms with van der Waals surface area (Å²) in [5.74, 6) is -0.0729. The fraction of sp³-hybridized carbons (Fsp3) is 0.200. The third kappa shape index (κ3) is 4.24. The fourth-order valence-corrected chi connectivity index (χ4v) is 6.17. The van der Waals surface area contributed by atoms with E-state index in [-0.39, 0.29) is 11.9 Å². The van der Waals surface area contributed by atoms with E-state index in [0.717, 1.165) is 30.9 Å².